The molecule has 186 valence electrons. The third kappa shape index (κ3) is 3.04. The Hall–Kier alpha value is -1.48. The van der Waals surface area contributed by atoms with Crippen molar-refractivity contribution < 1.29 is 9.59 Å². The highest BCUT2D eigenvalue weighted by Gasteiger charge is 2.66. The van der Waals surface area contributed by atoms with E-state index in [-0.39, 0.29) is 33.7 Å². The van der Waals surface area contributed by atoms with Gasteiger partial charge >= 0.3 is 0 Å². The van der Waals surface area contributed by atoms with E-state index in [4.69, 9.17) is 0 Å². The smallest absolute Gasteiger partial charge is 0.222 e. The summed E-state index contributed by atoms with van der Waals surface area (Å²) in [5.74, 6) is -0.166. The van der Waals surface area contributed by atoms with E-state index in [1.807, 2.05) is 6.92 Å². The molecule has 34 heavy (non-hydrogen) atoms. The molecule has 0 bridgehead atoms. The molecule has 5 aliphatic rings. The fourth-order valence-electron chi connectivity index (χ4n) is 9.56. The van der Waals surface area contributed by atoms with Gasteiger partial charge in [0.2, 0.25) is 11.6 Å². The van der Waals surface area contributed by atoms with E-state index in [2.05, 4.69) is 65.8 Å². The number of allylic oxidation sites excluding steroid dienone is 6. The average Bonchev–Trinajstić information content (AvgIpc) is 2.75. The minimum atomic E-state index is -0.317. The van der Waals surface area contributed by atoms with E-state index < -0.39 is 0 Å². The molecule has 0 spiro atoms. The standard InChI is InChI=1S/C31H45NO2/c1-20-21-9-10-24-29(4,22(21)17-23(33)26(20)34)14-16-31(6)25-18-27(2,19-32(7)8)11-12-28(25,3)13-15-30(24,31)5/h9-10,17,20,25H,11-16,18-19H2,1-8H3/t20?,25-,27-,28-,29+,30-,31+/m1/s1. The Morgan fingerprint density at radius 2 is 1.59 bits per heavy atom. The highest BCUT2D eigenvalue weighted by atomic mass is 16.2. The van der Waals surface area contributed by atoms with Crippen LogP contribution in [0.2, 0.25) is 0 Å². The first-order chi connectivity index (χ1) is 15.7. The Morgan fingerprint density at radius 1 is 0.912 bits per heavy atom. The minimum Gasteiger partial charge on any atom is -0.309 e. The maximum absolute atomic E-state index is 12.6. The van der Waals surface area contributed by atoms with Crippen molar-refractivity contribution in [2.24, 2.45) is 38.9 Å². The van der Waals surface area contributed by atoms with Crippen molar-refractivity contribution >= 4 is 11.6 Å². The molecule has 3 fully saturated rings. The summed E-state index contributed by atoms with van der Waals surface area (Å²) in [5, 5.41) is 0. The van der Waals surface area contributed by atoms with Crippen LogP contribution in [-0.2, 0) is 9.59 Å². The molecule has 0 aromatic heterocycles. The van der Waals surface area contributed by atoms with Gasteiger partial charge in [-0.3, -0.25) is 9.59 Å². The van der Waals surface area contributed by atoms with Crippen molar-refractivity contribution in [2.75, 3.05) is 20.6 Å². The lowest BCUT2D eigenvalue weighted by Gasteiger charge is -2.70. The lowest BCUT2D eigenvalue weighted by Crippen LogP contribution is -2.62. The molecule has 0 aromatic rings. The molecule has 0 aromatic carbocycles. The van der Waals surface area contributed by atoms with Crippen LogP contribution in [0.3, 0.4) is 0 Å². The van der Waals surface area contributed by atoms with Crippen LogP contribution in [0, 0.1) is 38.9 Å². The number of carbonyl (C=O) groups excluding carboxylic acids is 2. The molecular formula is C31H45NO2. The minimum absolute atomic E-state index is 0.108. The number of hydrogen-bond acceptors (Lipinski definition) is 3. The zero-order chi connectivity index (χ0) is 24.9. The Labute approximate surface area is 207 Å². The summed E-state index contributed by atoms with van der Waals surface area (Å²) in [7, 11) is 4.44. The first-order valence-electron chi connectivity index (χ1n) is 13.6. The van der Waals surface area contributed by atoms with E-state index >= 15 is 0 Å². The number of carbonyl (C=O) groups is 2. The third-order valence-electron chi connectivity index (χ3n) is 11.8. The fourth-order valence-corrected chi connectivity index (χ4v) is 9.56. The van der Waals surface area contributed by atoms with E-state index in [0.717, 1.165) is 17.6 Å². The summed E-state index contributed by atoms with van der Waals surface area (Å²) >= 11 is 0. The summed E-state index contributed by atoms with van der Waals surface area (Å²) in [6.07, 6.45) is 15.0. The second kappa shape index (κ2) is 7.28. The summed E-state index contributed by atoms with van der Waals surface area (Å²) < 4.78 is 0. The number of nitrogens with zero attached hydrogens (tertiary/aromatic N) is 1. The van der Waals surface area contributed by atoms with Crippen LogP contribution in [-0.4, -0.2) is 37.1 Å². The van der Waals surface area contributed by atoms with Gasteiger partial charge in [0, 0.05) is 17.9 Å². The quantitative estimate of drug-likeness (QED) is 0.436. The molecule has 0 amide bonds. The normalized spacial score (nSPS) is 48.2. The molecular weight excluding hydrogens is 418 g/mol. The number of hydrogen-bond donors (Lipinski definition) is 0. The van der Waals surface area contributed by atoms with Crippen molar-refractivity contribution in [3.8, 4) is 0 Å². The SMILES string of the molecule is CC1C(=O)C(=O)C=C2C1=CC=C1[C@@]2(C)CC[C@@]2(C)[C@@H]3C[C@](C)(CN(C)C)CC[C@]3(C)CC[C@]12C. The third-order valence-corrected chi connectivity index (χ3v) is 11.8. The maximum atomic E-state index is 12.6. The Bertz CT molecular complexity index is 1050. The first kappa shape index (κ1) is 24.2. The van der Waals surface area contributed by atoms with Crippen LogP contribution in [0.4, 0.5) is 0 Å². The number of fused-ring (bicyclic) bond motifs is 7. The zero-order valence-corrected chi connectivity index (χ0v) is 22.8. The highest BCUT2D eigenvalue weighted by molar-refractivity contribution is 6.44. The van der Waals surface area contributed by atoms with Gasteiger partial charge in [-0.15, -0.1) is 0 Å². The van der Waals surface area contributed by atoms with Gasteiger partial charge in [-0.1, -0.05) is 59.3 Å². The van der Waals surface area contributed by atoms with Crippen molar-refractivity contribution in [1.82, 2.24) is 4.90 Å². The van der Waals surface area contributed by atoms with Crippen molar-refractivity contribution in [1.29, 1.82) is 0 Å². The van der Waals surface area contributed by atoms with Crippen LogP contribution in [0.25, 0.3) is 0 Å². The predicted octanol–water partition coefficient (Wildman–Crippen LogP) is 6.55. The Morgan fingerprint density at radius 3 is 2.26 bits per heavy atom. The van der Waals surface area contributed by atoms with Gasteiger partial charge in [-0.25, -0.2) is 0 Å². The number of rotatable bonds is 2. The molecule has 0 heterocycles. The van der Waals surface area contributed by atoms with Gasteiger partial charge in [0.1, 0.15) is 0 Å². The summed E-state index contributed by atoms with van der Waals surface area (Å²) in [6, 6.07) is 0. The number of ketones is 2. The van der Waals surface area contributed by atoms with E-state index in [1.165, 1.54) is 50.6 Å². The van der Waals surface area contributed by atoms with Crippen LogP contribution in [0.5, 0.6) is 0 Å². The maximum Gasteiger partial charge on any atom is 0.222 e. The van der Waals surface area contributed by atoms with Gasteiger partial charge < -0.3 is 4.90 Å². The average molecular weight is 464 g/mol. The molecule has 0 saturated heterocycles. The zero-order valence-electron chi connectivity index (χ0n) is 22.8. The first-order valence-corrected chi connectivity index (χ1v) is 13.6. The summed E-state index contributed by atoms with van der Waals surface area (Å²) in [5.41, 5.74) is 4.75. The second-order valence-corrected chi connectivity index (χ2v) is 14.3. The second-order valence-electron chi connectivity index (χ2n) is 14.3. The molecule has 0 N–H and O–H groups in total. The molecule has 0 radical (unpaired) electrons. The Kier molecular flexibility index (Phi) is 5.18. The van der Waals surface area contributed by atoms with E-state index in [9.17, 15) is 9.59 Å². The van der Waals surface area contributed by atoms with Gasteiger partial charge in [0.15, 0.2) is 0 Å². The van der Waals surface area contributed by atoms with Gasteiger partial charge in [-0.2, -0.15) is 0 Å². The lowest BCUT2D eigenvalue weighted by molar-refractivity contribution is -0.163. The highest BCUT2D eigenvalue weighted by Crippen LogP contribution is 2.75. The van der Waals surface area contributed by atoms with Gasteiger partial charge in [0.05, 0.1) is 0 Å². The molecule has 5 aliphatic carbocycles. The predicted molar refractivity (Wildman–Crippen MR) is 138 cm³/mol. The molecule has 7 atom stereocenters. The van der Waals surface area contributed by atoms with Gasteiger partial charge in [0.25, 0.3) is 0 Å². The Balaban J connectivity index is 1.60. The monoisotopic (exact) mass is 463 g/mol. The van der Waals surface area contributed by atoms with Crippen molar-refractivity contribution in [3.05, 3.63) is 34.9 Å². The van der Waals surface area contributed by atoms with E-state index in [0.29, 0.717) is 16.7 Å². The van der Waals surface area contributed by atoms with Gasteiger partial charge in [-0.05, 0) is 104 Å². The van der Waals surface area contributed by atoms with Crippen LogP contribution in [0.15, 0.2) is 34.9 Å². The lowest BCUT2D eigenvalue weighted by atomic mass is 9.34. The van der Waals surface area contributed by atoms with Crippen LogP contribution < -0.4 is 0 Å². The molecule has 0 aliphatic heterocycles. The fraction of sp³-hybridized carbons (Fsp3) is 0.742. The van der Waals surface area contributed by atoms with E-state index in [1.54, 1.807) is 6.08 Å². The van der Waals surface area contributed by atoms with Crippen molar-refractivity contribution in [2.45, 2.75) is 86.5 Å². The molecule has 1 unspecified atom stereocenters. The number of Topliss-reactive ketones (excluding diaryl/α,β-unsaturated/α-hetero) is 1. The van der Waals surface area contributed by atoms with Crippen LogP contribution >= 0.6 is 0 Å². The molecule has 3 saturated carbocycles. The molecule has 3 heteroatoms. The van der Waals surface area contributed by atoms with Crippen LogP contribution in [0.1, 0.15) is 86.5 Å². The summed E-state index contributed by atoms with van der Waals surface area (Å²) in [6.45, 7) is 15.7. The topological polar surface area (TPSA) is 37.4 Å². The molecule has 5 rings (SSSR count). The molecule has 3 nitrogen and oxygen atoms in total. The summed E-state index contributed by atoms with van der Waals surface area (Å²) in [4.78, 5) is 27.5. The van der Waals surface area contributed by atoms with Crippen molar-refractivity contribution in [3.63, 3.8) is 0 Å². The largest absolute Gasteiger partial charge is 0.309 e.